The van der Waals surface area contributed by atoms with Crippen molar-refractivity contribution in [2.75, 3.05) is 4.90 Å². The van der Waals surface area contributed by atoms with E-state index in [1.165, 1.54) is 4.90 Å². The van der Waals surface area contributed by atoms with E-state index in [1.54, 1.807) is 0 Å². The van der Waals surface area contributed by atoms with Crippen LogP contribution in [0.25, 0.3) is 0 Å². The second kappa shape index (κ2) is 5.70. The summed E-state index contributed by atoms with van der Waals surface area (Å²) in [6, 6.07) is 0.860. The molecular formula is C14H15BrF3N5. The fourth-order valence-electron chi connectivity index (χ4n) is 3.21. The van der Waals surface area contributed by atoms with Crippen LogP contribution in [0.4, 0.5) is 18.9 Å². The van der Waals surface area contributed by atoms with Crippen LogP contribution >= 0.6 is 15.9 Å². The number of rotatable bonds is 1. The Morgan fingerprint density at radius 2 is 1.74 bits per heavy atom. The molecule has 124 valence electrons. The summed E-state index contributed by atoms with van der Waals surface area (Å²) < 4.78 is 41.6. The zero-order valence-corrected chi connectivity index (χ0v) is 13.7. The molecule has 0 bridgehead atoms. The highest BCUT2D eigenvalue weighted by Crippen LogP contribution is 2.43. The Morgan fingerprint density at radius 1 is 1.09 bits per heavy atom. The Balaban J connectivity index is 2.21. The van der Waals surface area contributed by atoms with Crippen LogP contribution in [-0.4, -0.2) is 17.6 Å². The molecule has 1 saturated carbocycles. The molecule has 2 aliphatic rings. The molecule has 0 amide bonds. The molecule has 0 atom stereocenters. The van der Waals surface area contributed by atoms with Gasteiger partial charge in [-0.2, -0.15) is 4.99 Å². The van der Waals surface area contributed by atoms with E-state index in [9.17, 15) is 13.2 Å². The molecule has 0 unspecified atom stereocenters. The largest absolute Gasteiger partial charge is 0.369 e. The van der Waals surface area contributed by atoms with E-state index >= 15 is 0 Å². The highest BCUT2D eigenvalue weighted by Gasteiger charge is 2.44. The zero-order chi connectivity index (χ0) is 16.8. The quantitative estimate of drug-likeness (QED) is 0.572. The molecule has 1 aliphatic heterocycles. The minimum absolute atomic E-state index is 0.000218. The van der Waals surface area contributed by atoms with Gasteiger partial charge in [0.15, 0.2) is 17.5 Å². The summed E-state index contributed by atoms with van der Waals surface area (Å²) in [7, 11) is 0. The predicted molar refractivity (Wildman–Crippen MR) is 85.6 cm³/mol. The summed E-state index contributed by atoms with van der Waals surface area (Å²) in [6.07, 6.45) is 3.81. The van der Waals surface area contributed by atoms with E-state index in [1.807, 2.05) is 0 Å². The van der Waals surface area contributed by atoms with Gasteiger partial charge in [0.25, 0.3) is 0 Å². The monoisotopic (exact) mass is 389 g/mol. The molecule has 0 saturated heterocycles. The lowest BCUT2D eigenvalue weighted by atomic mass is 9.87. The van der Waals surface area contributed by atoms with Gasteiger partial charge in [-0.25, -0.2) is 18.2 Å². The first-order chi connectivity index (χ1) is 10.9. The Bertz CT molecular complexity index is 713. The third-order valence-corrected chi connectivity index (χ3v) is 4.77. The lowest BCUT2D eigenvalue weighted by Crippen LogP contribution is -2.58. The van der Waals surface area contributed by atoms with Crippen LogP contribution in [-0.2, 0) is 0 Å². The molecule has 1 aromatic rings. The number of aliphatic imine (C=N–C) groups is 2. The van der Waals surface area contributed by atoms with Crippen molar-refractivity contribution < 1.29 is 13.2 Å². The minimum atomic E-state index is -1.57. The van der Waals surface area contributed by atoms with E-state index in [-0.39, 0.29) is 22.1 Å². The molecule has 9 heteroatoms. The van der Waals surface area contributed by atoms with Crippen molar-refractivity contribution >= 4 is 33.5 Å². The van der Waals surface area contributed by atoms with Crippen LogP contribution in [0, 0.1) is 17.5 Å². The third-order valence-electron chi connectivity index (χ3n) is 4.16. The molecule has 1 aromatic carbocycles. The number of nitrogens with two attached hydrogens (primary N) is 2. The molecule has 23 heavy (non-hydrogen) atoms. The van der Waals surface area contributed by atoms with Crippen molar-refractivity contribution in [3.8, 4) is 0 Å². The standard InChI is InChI=1S/C14H15BrF3N5/c15-7-6-8(16)9(17)10(18)11(7)23-13(20)21-12(19)22-14(23)4-2-1-3-5-14/h6H,1-5H2,(H4,19,20,21,22). The summed E-state index contributed by atoms with van der Waals surface area (Å²) in [5.74, 6) is -4.28. The fourth-order valence-corrected chi connectivity index (χ4v) is 3.76. The second-order valence-electron chi connectivity index (χ2n) is 5.64. The molecule has 3 rings (SSSR count). The average Bonchev–Trinajstić information content (AvgIpc) is 2.48. The highest BCUT2D eigenvalue weighted by atomic mass is 79.9. The summed E-state index contributed by atoms with van der Waals surface area (Å²) in [4.78, 5) is 9.56. The number of guanidine groups is 2. The maximum absolute atomic E-state index is 14.4. The predicted octanol–water partition coefficient (Wildman–Crippen LogP) is 2.98. The second-order valence-corrected chi connectivity index (χ2v) is 6.49. The Kier molecular flexibility index (Phi) is 3.99. The molecule has 1 aliphatic carbocycles. The number of hydrogen-bond acceptors (Lipinski definition) is 5. The molecule has 5 nitrogen and oxygen atoms in total. The van der Waals surface area contributed by atoms with Crippen LogP contribution in [0.2, 0.25) is 0 Å². The molecule has 1 spiro atoms. The Morgan fingerprint density at radius 3 is 2.39 bits per heavy atom. The van der Waals surface area contributed by atoms with Crippen molar-refractivity contribution in [1.82, 2.24) is 0 Å². The van der Waals surface area contributed by atoms with E-state index in [2.05, 4.69) is 25.9 Å². The van der Waals surface area contributed by atoms with Gasteiger partial charge in [0, 0.05) is 4.47 Å². The van der Waals surface area contributed by atoms with Gasteiger partial charge in [-0.15, -0.1) is 0 Å². The fraction of sp³-hybridized carbons (Fsp3) is 0.429. The molecule has 4 N–H and O–H groups in total. The maximum atomic E-state index is 14.4. The lowest BCUT2D eigenvalue weighted by Gasteiger charge is -2.45. The van der Waals surface area contributed by atoms with Crippen LogP contribution in [0.5, 0.6) is 0 Å². The van der Waals surface area contributed by atoms with Crippen LogP contribution in [0.1, 0.15) is 32.1 Å². The lowest BCUT2D eigenvalue weighted by molar-refractivity contribution is 0.302. The van der Waals surface area contributed by atoms with Crippen LogP contribution in [0.3, 0.4) is 0 Å². The Hall–Kier alpha value is -1.77. The summed E-state index contributed by atoms with van der Waals surface area (Å²) in [5.41, 5.74) is 10.5. The SMILES string of the molecule is NC1=NC2(CCCCC2)N(c2c(Br)cc(F)c(F)c2F)C(N)=N1. The number of halogens is 4. The van der Waals surface area contributed by atoms with Crippen LogP contribution < -0.4 is 16.4 Å². The molecule has 1 fully saturated rings. The van der Waals surface area contributed by atoms with Crippen molar-refractivity contribution in [3.63, 3.8) is 0 Å². The van der Waals surface area contributed by atoms with Gasteiger partial charge in [-0.1, -0.05) is 6.42 Å². The van der Waals surface area contributed by atoms with Crippen molar-refractivity contribution in [3.05, 3.63) is 28.0 Å². The van der Waals surface area contributed by atoms with Gasteiger partial charge in [0.1, 0.15) is 5.66 Å². The van der Waals surface area contributed by atoms with E-state index in [4.69, 9.17) is 11.5 Å². The summed E-state index contributed by atoms with van der Waals surface area (Å²) >= 11 is 3.08. The van der Waals surface area contributed by atoms with Crippen LogP contribution in [0.15, 0.2) is 20.5 Å². The third kappa shape index (κ3) is 2.56. The first kappa shape index (κ1) is 16.1. The summed E-state index contributed by atoms with van der Waals surface area (Å²) in [5, 5.41) is 0. The topological polar surface area (TPSA) is 80.0 Å². The first-order valence-corrected chi connectivity index (χ1v) is 7.98. The zero-order valence-electron chi connectivity index (χ0n) is 12.1. The molecular weight excluding hydrogens is 375 g/mol. The molecule has 1 heterocycles. The number of anilines is 1. The van der Waals surface area contributed by atoms with Crippen molar-refractivity contribution in [1.29, 1.82) is 0 Å². The first-order valence-electron chi connectivity index (χ1n) is 7.18. The van der Waals surface area contributed by atoms with Crippen molar-refractivity contribution in [2.24, 2.45) is 21.5 Å². The average molecular weight is 390 g/mol. The maximum Gasteiger partial charge on any atom is 0.220 e. The molecule has 0 aromatic heterocycles. The van der Waals surface area contributed by atoms with Gasteiger partial charge in [-0.3, -0.25) is 4.90 Å². The molecule has 0 radical (unpaired) electrons. The van der Waals surface area contributed by atoms with E-state index in [0.717, 1.165) is 25.3 Å². The smallest absolute Gasteiger partial charge is 0.220 e. The number of nitrogens with zero attached hydrogens (tertiary/aromatic N) is 3. The van der Waals surface area contributed by atoms with E-state index in [0.29, 0.717) is 12.8 Å². The van der Waals surface area contributed by atoms with E-state index < -0.39 is 23.1 Å². The van der Waals surface area contributed by atoms with Gasteiger partial charge in [0.05, 0.1) is 5.69 Å². The normalized spacial score (nSPS) is 20.4. The van der Waals surface area contributed by atoms with Gasteiger partial charge >= 0.3 is 0 Å². The highest BCUT2D eigenvalue weighted by molar-refractivity contribution is 9.10. The van der Waals surface area contributed by atoms with Gasteiger partial charge < -0.3 is 11.5 Å². The number of hydrogen-bond donors (Lipinski definition) is 2. The minimum Gasteiger partial charge on any atom is -0.369 e. The number of benzene rings is 1. The summed E-state index contributed by atoms with van der Waals surface area (Å²) in [6.45, 7) is 0. The van der Waals surface area contributed by atoms with Gasteiger partial charge in [-0.05, 0) is 47.7 Å². The van der Waals surface area contributed by atoms with Crippen molar-refractivity contribution in [2.45, 2.75) is 37.8 Å². The Labute approximate surface area is 139 Å². The van der Waals surface area contributed by atoms with Gasteiger partial charge in [0.2, 0.25) is 11.9 Å².